The standard InChI is InChI=1S/C6H13NO2/c1-7-3-5(8)6(4-7)9-2/h5-6,8H,3-4H2,1-2H3/t5-,6+/m1/s1. The average Bonchev–Trinajstić information content (AvgIpc) is 2.10. The van der Waals surface area contributed by atoms with Crippen LogP contribution in [0.1, 0.15) is 0 Å². The third-order valence-corrected chi connectivity index (χ3v) is 1.72. The van der Waals surface area contributed by atoms with Crippen LogP contribution >= 0.6 is 0 Å². The smallest absolute Gasteiger partial charge is 0.0969 e. The van der Waals surface area contributed by atoms with Gasteiger partial charge in [-0.15, -0.1) is 0 Å². The van der Waals surface area contributed by atoms with Crippen molar-refractivity contribution in [3.63, 3.8) is 0 Å². The zero-order chi connectivity index (χ0) is 6.85. The Kier molecular flexibility index (Phi) is 2.05. The predicted molar refractivity (Wildman–Crippen MR) is 34.3 cm³/mol. The highest BCUT2D eigenvalue weighted by Crippen LogP contribution is 2.09. The highest BCUT2D eigenvalue weighted by Gasteiger charge is 2.28. The molecule has 1 aliphatic rings. The van der Waals surface area contributed by atoms with Crippen molar-refractivity contribution < 1.29 is 9.84 Å². The molecule has 1 fully saturated rings. The van der Waals surface area contributed by atoms with Crippen LogP contribution in [-0.4, -0.2) is 49.5 Å². The van der Waals surface area contributed by atoms with Crippen LogP contribution in [0, 0.1) is 0 Å². The second-order valence-corrected chi connectivity index (χ2v) is 2.56. The Morgan fingerprint density at radius 2 is 2.22 bits per heavy atom. The Balaban J connectivity index is 2.38. The van der Waals surface area contributed by atoms with Crippen LogP contribution in [0.4, 0.5) is 0 Å². The summed E-state index contributed by atoms with van der Waals surface area (Å²) in [5.41, 5.74) is 0. The molecule has 3 heteroatoms. The molecule has 54 valence electrons. The van der Waals surface area contributed by atoms with E-state index in [1.54, 1.807) is 7.11 Å². The third-order valence-electron chi connectivity index (χ3n) is 1.72. The molecule has 0 aromatic carbocycles. The summed E-state index contributed by atoms with van der Waals surface area (Å²) < 4.78 is 5.00. The van der Waals surface area contributed by atoms with Gasteiger partial charge in [-0.3, -0.25) is 0 Å². The number of rotatable bonds is 1. The summed E-state index contributed by atoms with van der Waals surface area (Å²) in [6.45, 7) is 1.58. The van der Waals surface area contributed by atoms with E-state index in [1.165, 1.54) is 0 Å². The summed E-state index contributed by atoms with van der Waals surface area (Å²) in [6.07, 6.45) is -0.269. The number of aliphatic hydroxyl groups is 1. The first-order valence-corrected chi connectivity index (χ1v) is 3.13. The van der Waals surface area contributed by atoms with Gasteiger partial charge in [0.25, 0.3) is 0 Å². The van der Waals surface area contributed by atoms with Crippen LogP contribution < -0.4 is 0 Å². The van der Waals surface area contributed by atoms with Gasteiger partial charge in [0, 0.05) is 20.2 Å². The lowest BCUT2D eigenvalue weighted by Gasteiger charge is -2.09. The Labute approximate surface area is 55.2 Å². The molecule has 0 spiro atoms. The highest BCUT2D eigenvalue weighted by molar-refractivity contribution is 4.81. The quantitative estimate of drug-likeness (QED) is 0.511. The number of aliphatic hydroxyl groups excluding tert-OH is 1. The van der Waals surface area contributed by atoms with Gasteiger partial charge in [0.15, 0.2) is 0 Å². The fourth-order valence-corrected chi connectivity index (χ4v) is 1.17. The van der Waals surface area contributed by atoms with E-state index < -0.39 is 0 Å². The molecule has 2 atom stereocenters. The number of hydrogen-bond donors (Lipinski definition) is 1. The maximum Gasteiger partial charge on any atom is 0.0969 e. The van der Waals surface area contributed by atoms with Gasteiger partial charge in [-0.1, -0.05) is 0 Å². The molecular formula is C6H13NO2. The van der Waals surface area contributed by atoms with Crippen molar-refractivity contribution in [2.24, 2.45) is 0 Å². The summed E-state index contributed by atoms with van der Waals surface area (Å²) in [4.78, 5) is 2.05. The minimum absolute atomic E-state index is 0.0231. The molecule has 1 heterocycles. The van der Waals surface area contributed by atoms with Gasteiger partial charge >= 0.3 is 0 Å². The first-order chi connectivity index (χ1) is 4.24. The van der Waals surface area contributed by atoms with E-state index in [0.29, 0.717) is 0 Å². The number of nitrogens with zero attached hydrogens (tertiary/aromatic N) is 1. The zero-order valence-electron chi connectivity index (χ0n) is 5.87. The maximum atomic E-state index is 9.19. The molecule has 0 amide bonds. The number of methoxy groups -OCH3 is 1. The summed E-state index contributed by atoms with van der Waals surface area (Å²) in [6, 6.07) is 0. The molecule has 3 nitrogen and oxygen atoms in total. The number of ether oxygens (including phenoxy) is 1. The molecule has 0 aromatic rings. The van der Waals surface area contributed by atoms with Gasteiger partial charge < -0.3 is 14.7 Å². The lowest BCUT2D eigenvalue weighted by Crippen LogP contribution is -2.25. The molecule has 0 unspecified atom stereocenters. The molecule has 0 aromatic heterocycles. The molecule has 9 heavy (non-hydrogen) atoms. The van der Waals surface area contributed by atoms with Crippen molar-refractivity contribution in [2.75, 3.05) is 27.2 Å². The van der Waals surface area contributed by atoms with E-state index >= 15 is 0 Å². The number of hydrogen-bond acceptors (Lipinski definition) is 3. The van der Waals surface area contributed by atoms with Gasteiger partial charge in [-0.05, 0) is 7.05 Å². The molecule has 1 saturated heterocycles. The minimum atomic E-state index is -0.292. The molecule has 0 aliphatic carbocycles. The Morgan fingerprint density at radius 1 is 1.56 bits per heavy atom. The first-order valence-electron chi connectivity index (χ1n) is 3.13. The predicted octanol–water partition coefficient (Wildman–Crippen LogP) is -0.692. The molecule has 0 radical (unpaired) electrons. The third kappa shape index (κ3) is 1.41. The normalized spacial score (nSPS) is 37.7. The fourth-order valence-electron chi connectivity index (χ4n) is 1.17. The molecule has 1 aliphatic heterocycles. The second-order valence-electron chi connectivity index (χ2n) is 2.56. The van der Waals surface area contributed by atoms with Gasteiger partial charge in [0.2, 0.25) is 0 Å². The largest absolute Gasteiger partial charge is 0.389 e. The van der Waals surface area contributed by atoms with Crippen LogP contribution in [-0.2, 0) is 4.74 Å². The Bertz CT molecular complexity index is 97.1. The van der Waals surface area contributed by atoms with E-state index in [0.717, 1.165) is 13.1 Å². The van der Waals surface area contributed by atoms with Crippen molar-refractivity contribution in [2.45, 2.75) is 12.2 Å². The molecule has 1 rings (SSSR count). The van der Waals surface area contributed by atoms with Crippen LogP contribution in [0.25, 0.3) is 0 Å². The van der Waals surface area contributed by atoms with E-state index in [1.807, 2.05) is 7.05 Å². The van der Waals surface area contributed by atoms with E-state index in [9.17, 15) is 5.11 Å². The first kappa shape index (κ1) is 6.99. The molecule has 1 N–H and O–H groups in total. The van der Waals surface area contributed by atoms with E-state index in [2.05, 4.69) is 4.90 Å². The molecule has 0 saturated carbocycles. The van der Waals surface area contributed by atoms with E-state index in [4.69, 9.17) is 4.74 Å². The summed E-state index contributed by atoms with van der Waals surface area (Å²) in [5.74, 6) is 0. The van der Waals surface area contributed by atoms with Gasteiger partial charge in [0.1, 0.15) is 0 Å². The van der Waals surface area contributed by atoms with Crippen molar-refractivity contribution in [3.05, 3.63) is 0 Å². The number of likely N-dealkylation sites (tertiary alicyclic amines) is 1. The average molecular weight is 131 g/mol. The number of β-amino-alcohol motifs (C(OH)–C–C–N with tert-alkyl or cyclic N) is 1. The topological polar surface area (TPSA) is 32.7 Å². The second kappa shape index (κ2) is 2.64. The van der Waals surface area contributed by atoms with Crippen molar-refractivity contribution in [3.8, 4) is 0 Å². The van der Waals surface area contributed by atoms with Crippen molar-refractivity contribution in [1.29, 1.82) is 0 Å². The van der Waals surface area contributed by atoms with Crippen molar-refractivity contribution in [1.82, 2.24) is 4.90 Å². The zero-order valence-corrected chi connectivity index (χ0v) is 5.87. The van der Waals surface area contributed by atoms with Crippen LogP contribution in [0.15, 0.2) is 0 Å². The molecular weight excluding hydrogens is 118 g/mol. The van der Waals surface area contributed by atoms with Crippen molar-refractivity contribution >= 4 is 0 Å². The van der Waals surface area contributed by atoms with Crippen LogP contribution in [0.5, 0.6) is 0 Å². The summed E-state index contributed by atoms with van der Waals surface area (Å²) >= 11 is 0. The highest BCUT2D eigenvalue weighted by atomic mass is 16.5. The lowest BCUT2D eigenvalue weighted by atomic mass is 10.3. The Hall–Kier alpha value is -0.120. The van der Waals surface area contributed by atoms with E-state index in [-0.39, 0.29) is 12.2 Å². The summed E-state index contributed by atoms with van der Waals surface area (Å²) in [5, 5.41) is 9.19. The van der Waals surface area contributed by atoms with Gasteiger partial charge in [0.05, 0.1) is 12.2 Å². The monoisotopic (exact) mass is 131 g/mol. The summed E-state index contributed by atoms with van der Waals surface area (Å²) in [7, 11) is 3.61. The van der Waals surface area contributed by atoms with Crippen LogP contribution in [0.2, 0.25) is 0 Å². The Morgan fingerprint density at radius 3 is 2.44 bits per heavy atom. The maximum absolute atomic E-state index is 9.19. The SMILES string of the molecule is CO[C@H]1CN(C)C[C@H]1O. The fraction of sp³-hybridized carbons (Fsp3) is 1.00. The minimum Gasteiger partial charge on any atom is -0.389 e. The van der Waals surface area contributed by atoms with Gasteiger partial charge in [-0.25, -0.2) is 0 Å². The number of likely N-dealkylation sites (N-methyl/N-ethyl adjacent to an activating group) is 1. The van der Waals surface area contributed by atoms with Crippen LogP contribution in [0.3, 0.4) is 0 Å². The lowest BCUT2D eigenvalue weighted by molar-refractivity contribution is 0.0215. The molecule has 0 bridgehead atoms. The van der Waals surface area contributed by atoms with Gasteiger partial charge in [-0.2, -0.15) is 0 Å².